The van der Waals surface area contributed by atoms with E-state index in [1.807, 2.05) is 32.0 Å². The maximum Gasteiger partial charge on any atom is 0.239 e. The molecule has 0 aromatic heterocycles. The molecule has 6 nitrogen and oxygen atoms in total. The summed E-state index contributed by atoms with van der Waals surface area (Å²) in [6.07, 6.45) is 0.207. The largest absolute Gasteiger partial charge is 0.493 e. The molecule has 0 saturated heterocycles. The van der Waals surface area contributed by atoms with Crippen molar-refractivity contribution < 1.29 is 19.1 Å². The first-order chi connectivity index (χ1) is 10.5. The first kappa shape index (κ1) is 18.0. The molecule has 0 aliphatic carbocycles. The summed E-state index contributed by atoms with van der Waals surface area (Å²) >= 11 is 0. The van der Waals surface area contributed by atoms with Gasteiger partial charge in [0.15, 0.2) is 0 Å². The van der Waals surface area contributed by atoms with E-state index >= 15 is 0 Å². The minimum absolute atomic E-state index is 0.0357. The molecule has 0 aliphatic rings. The predicted octanol–water partition coefficient (Wildman–Crippen LogP) is 0.951. The van der Waals surface area contributed by atoms with Gasteiger partial charge < -0.3 is 20.1 Å². The van der Waals surface area contributed by atoms with Gasteiger partial charge in [-0.2, -0.15) is 0 Å². The molecule has 2 amide bonds. The zero-order valence-electron chi connectivity index (χ0n) is 13.4. The highest BCUT2D eigenvalue weighted by Crippen LogP contribution is 2.19. The van der Waals surface area contributed by atoms with E-state index in [9.17, 15) is 9.59 Å². The monoisotopic (exact) mass is 308 g/mol. The van der Waals surface area contributed by atoms with Crippen LogP contribution in [0.25, 0.3) is 0 Å². The van der Waals surface area contributed by atoms with E-state index in [1.165, 1.54) is 0 Å². The molecule has 0 unspecified atom stereocenters. The minimum Gasteiger partial charge on any atom is -0.493 e. The summed E-state index contributed by atoms with van der Waals surface area (Å²) in [5, 5.41) is 5.17. The second-order valence-electron chi connectivity index (χ2n) is 4.99. The Morgan fingerprint density at radius 2 is 1.86 bits per heavy atom. The highest BCUT2D eigenvalue weighted by Gasteiger charge is 2.06. The zero-order chi connectivity index (χ0) is 16.4. The van der Waals surface area contributed by atoms with Crippen molar-refractivity contribution in [2.45, 2.75) is 20.3 Å². The Labute approximate surface area is 131 Å². The van der Waals surface area contributed by atoms with Crippen molar-refractivity contribution in [3.63, 3.8) is 0 Å². The Bertz CT molecular complexity index is 503. The second kappa shape index (κ2) is 9.78. The third-order valence-corrected chi connectivity index (χ3v) is 3.00. The number of nitrogens with one attached hydrogen (secondary N) is 2. The molecule has 2 N–H and O–H groups in total. The van der Waals surface area contributed by atoms with Gasteiger partial charge in [-0.15, -0.1) is 0 Å². The summed E-state index contributed by atoms with van der Waals surface area (Å²) in [6, 6.07) is 5.93. The Morgan fingerprint density at radius 1 is 1.09 bits per heavy atom. The summed E-state index contributed by atoms with van der Waals surface area (Å²) < 4.78 is 10.4. The van der Waals surface area contributed by atoms with Crippen LogP contribution in [0, 0.1) is 13.8 Å². The van der Waals surface area contributed by atoms with Gasteiger partial charge in [0, 0.05) is 13.7 Å². The second-order valence-corrected chi connectivity index (χ2v) is 4.99. The van der Waals surface area contributed by atoms with Crippen molar-refractivity contribution >= 4 is 11.8 Å². The standard InChI is InChI=1S/C16H24N2O4/c1-12-4-5-13(2)14(10-12)22-8-6-15(19)18-11-16(20)17-7-9-21-3/h4-5,10H,6-9,11H2,1-3H3,(H,17,20)(H,18,19). The summed E-state index contributed by atoms with van der Waals surface area (Å²) in [7, 11) is 1.56. The van der Waals surface area contributed by atoms with E-state index in [0.29, 0.717) is 13.2 Å². The number of benzene rings is 1. The van der Waals surface area contributed by atoms with Gasteiger partial charge in [-0.25, -0.2) is 0 Å². The van der Waals surface area contributed by atoms with Gasteiger partial charge >= 0.3 is 0 Å². The smallest absolute Gasteiger partial charge is 0.239 e. The molecule has 0 radical (unpaired) electrons. The van der Waals surface area contributed by atoms with E-state index < -0.39 is 0 Å². The molecule has 22 heavy (non-hydrogen) atoms. The van der Waals surface area contributed by atoms with Crippen molar-refractivity contribution in [1.82, 2.24) is 10.6 Å². The number of carbonyl (C=O) groups excluding carboxylic acids is 2. The third-order valence-electron chi connectivity index (χ3n) is 3.00. The molecular formula is C16H24N2O4. The number of carbonyl (C=O) groups is 2. The van der Waals surface area contributed by atoms with Crippen molar-refractivity contribution in [2.24, 2.45) is 0 Å². The van der Waals surface area contributed by atoms with Crippen LogP contribution in [0.5, 0.6) is 5.75 Å². The van der Waals surface area contributed by atoms with Crippen LogP contribution in [-0.2, 0) is 14.3 Å². The molecule has 0 spiro atoms. The summed E-state index contributed by atoms with van der Waals surface area (Å²) in [5.74, 6) is 0.332. The van der Waals surface area contributed by atoms with Crippen LogP contribution >= 0.6 is 0 Å². The number of ether oxygens (including phenoxy) is 2. The van der Waals surface area contributed by atoms with Crippen LogP contribution in [0.15, 0.2) is 18.2 Å². The number of rotatable bonds is 9. The number of aryl methyl sites for hydroxylation is 2. The van der Waals surface area contributed by atoms with Gasteiger partial charge in [0.2, 0.25) is 11.8 Å². The quantitative estimate of drug-likeness (QED) is 0.666. The fourth-order valence-corrected chi connectivity index (χ4v) is 1.74. The van der Waals surface area contributed by atoms with E-state index in [1.54, 1.807) is 7.11 Å². The van der Waals surface area contributed by atoms with Crippen molar-refractivity contribution in [3.05, 3.63) is 29.3 Å². The molecule has 0 heterocycles. The predicted molar refractivity (Wildman–Crippen MR) is 83.9 cm³/mol. The lowest BCUT2D eigenvalue weighted by molar-refractivity contribution is -0.126. The van der Waals surface area contributed by atoms with Gasteiger partial charge in [0.25, 0.3) is 0 Å². The highest BCUT2D eigenvalue weighted by molar-refractivity contribution is 5.84. The minimum atomic E-state index is -0.235. The maximum absolute atomic E-state index is 11.6. The van der Waals surface area contributed by atoms with E-state index in [4.69, 9.17) is 9.47 Å². The molecule has 122 valence electrons. The highest BCUT2D eigenvalue weighted by atomic mass is 16.5. The number of amides is 2. The number of hydrogen-bond acceptors (Lipinski definition) is 4. The van der Waals surface area contributed by atoms with E-state index in [-0.39, 0.29) is 31.4 Å². The SMILES string of the molecule is COCCNC(=O)CNC(=O)CCOc1cc(C)ccc1C. The lowest BCUT2D eigenvalue weighted by atomic mass is 10.1. The van der Waals surface area contributed by atoms with Gasteiger partial charge in [-0.3, -0.25) is 9.59 Å². The molecule has 1 rings (SSSR count). The summed E-state index contributed by atoms with van der Waals surface area (Å²) in [6.45, 7) is 5.07. The number of methoxy groups -OCH3 is 1. The van der Waals surface area contributed by atoms with Crippen molar-refractivity contribution in [1.29, 1.82) is 0 Å². The zero-order valence-corrected chi connectivity index (χ0v) is 13.4. The van der Waals surface area contributed by atoms with Gasteiger partial charge in [0.05, 0.1) is 26.2 Å². The summed E-state index contributed by atoms with van der Waals surface area (Å²) in [5.41, 5.74) is 2.14. The third kappa shape index (κ3) is 7.08. The Hall–Kier alpha value is -2.08. The Kier molecular flexibility index (Phi) is 7.99. The fourth-order valence-electron chi connectivity index (χ4n) is 1.74. The molecule has 0 bridgehead atoms. The van der Waals surface area contributed by atoms with E-state index in [0.717, 1.165) is 16.9 Å². The van der Waals surface area contributed by atoms with Crippen LogP contribution < -0.4 is 15.4 Å². The molecule has 1 aromatic rings. The fraction of sp³-hybridized carbons (Fsp3) is 0.500. The van der Waals surface area contributed by atoms with Crippen LogP contribution in [0.3, 0.4) is 0 Å². The average molecular weight is 308 g/mol. The van der Waals surface area contributed by atoms with Gasteiger partial charge in [0.1, 0.15) is 5.75 Å². The Morgan fingerprint density at radius 3 is 2.59 bits per heavy atom. The first-order valence-corrected chi connectivity index (χ1v) is 7.25. The molecule has 0 saturated carbocycles. The average Bonchev–Trinajstić information content (AvgIpc) is 2.49. The Balaban J connectivity index is 2.20. The normalized spacial score (nSPS) is 10.1. The van der Waals surface area contributed by atoms with Gasteiger partial charge in [-0.1, -0.05) is 12.1 Å². The molecular weight excluding hydrogens is 284 g/mol. The maximum atomic E-state index is 11.6. The van der Waals surface area contributed by atoms with Crippen LogP contribution in [0.2, 0.25) is 0 Å². The van der Waals surface area contributed by atoms with Crippen LogP contribution in [0.4, 0.5) is 0 Å². The molecule has 0 aliphatic heterocycles. The lowest BCUT2D eigenvalue weighted by Gasteiger charge is -2.10. The van der Waals surface area contributed by atoms with Crippen LogP contribution in [-0.4, -0.2) is 45.2 Å². The van der Waals surface area contributed by atoms with Crippen molar-refractivity contribution in [2.75, 3.05) is 33.4 Å². The number of hydrogen-bond donors (Lipinski definition) is 2. The topological polar surface area (TPSA) is 76.7 Å². The lowest BCUT2D eigenvalue weighted by Crippen LogP contribution is -2.38. The molecule has 0 atom stereocenters. The summed E-state index contributed by atoms with van der Waals surface area (Å²) in [4.78, 5) is 23.0. The first-order valence-electron chi connectivity index (χ1n) is 7.25. The molecule has 6 heteroatoms. The molecule has 0 fully saturated rings. The molecule has 1 aromatic carbocycles. The van der Waals surface area contributed by atoms with Gasteiger partial charge in [-0.05, 0) is 31.0 Å². The van der Waals surface area contributed by atoms with Crippen LogP contribution in [0.1, 0.15) is 17.5 Å². The van der Waals surface area contributed by atoms with E-state index in [2.05, 4.69) is 10.6 Å². The van der Waals surface area contributed by atoms with Crippen molar-refractivity contribution in [3.8, 4) is 5.75 Å².